The number of carbonyl (C=O) groups is 1. The monoisotopic (exact) mass is 159 g/mol. The van der Waals surface area contributed by atoms with Gasteiger partial charge < -0.3 is 0 Å². The van der Waals surface area contributed by atoms with E-state index < -0.39 is 0 Å². The summed E-state index contributed by atoms with van der Waals surface area (Å²) in [5.74, 6) is 1.37. The standard InChI is InChI=1S/C7H13NOS/c1-3-6(9)7(2)8-4-5-10-7/h8H,3-5H2,1-2H3. The van der Waals surface area contributed by atoms with Crippen molar-refractivity contribution in [2.24, 2.45) is 0 Å². The maximum Gasteiger partial charge on any atom is 0.162 e. The first-order chi connectivity index (χ1) is 4.69. The summed E-state index contributed by atoms with van der Waals surface area (Å²) >= 11 is 1.72. The molecule has 0 bridgehead atoms. The van der Waals surface area contributed by atoms with E-state index in [1.54, 1.807) is 11.8 Å². The second-order valence-corrected chi connectivity index (χ2v) is 4.10. The van der Waals surface area contributed by atoms with Crippen molar-refractivity contribution < 1.29 is 4.79 Å². The highest BCUT2D eigenvalue weighted by Gasteiger charge is 2.34. The molecule has 0 spiro atoms. The molecule has 1 saturated heterocycles. The SMILES string of the molecule is CCC(=O)C1(C)NCCS1. The van der Waals surface area contributed by atoms with Crippen LogP contribution in [0.4, 0.5) is 0 Å². The first-order valence-corrected chi connectivity index (χ1v) is 4.60. The van der Waals surface area contributed by atoms with Crippen LogP contribution in [0.2, 0.25) is 0 Å². The van der Waals surface area contributed by atoms with E-state index in [1.807, 2.05) is 13.8 Å². The summed E-state index contributed by atoms with van der Waals surface area (Å²) in [5, 5.41) is 3.20. The van der Waals surface area contributed by atoms with Crippen LogP contribution in [0.25, 0.3) is 0 Å². The zero-order chi connectivity index (χ0) is 7.61. The first-order valence-electron chi connectivity index (χ1n) is 3.61. The Balaban J connectivity index is 2.58. The number of Topliss-reactive ketones (excluding diaryl/α,β-unsaturated/α-hetero) is 1. The van der Waals surface area contributed by atoms with Crippen LogP contribution in [-0.2, 0) is 4.79 Å². The molecule has 0 aromatic rings. The molecule has 1 aliphatic rings. The van der Waals surface area contributed by atoms with Crippen molar-refractivity contribution in [3.63, 3.8) is 0 Å². The number of hydrogen-bond acceptors (Lipinski definition) is 3. The smallest absolute Gasteiger partial charge is 0.162 e. The van der Waals surface area contributed by atoms with Gasteiger partial charge in [-0.2, -0.15) is 0 Å². The molecule has 1 heterocycles. The van der Waals surface area contributed by atoms with Gasteiger partial charge >= 0.3 is 0 Å². The van der Waals surface area contributed by atoms with Crippen molar-refractivity contribution in [2.45, 2.75) is 25.1 Å². The highest BCUT2D eigenvalue weighted by Crippen LogP contribution is 2.28. The Hall–Kier alpha value is -0.0200. The van der Waals surface area contributed by atoms with Crippen LogP contribution in [0.5, 0.6) is 0 Å². The number of thioether (sulfide) groups is 1. The summed E-state index contributed by atoms with van der Waals surface area (Å²) in [4.78, 5) is 11.0. The van der Waals surface area contributed by atoms with E-state index in [2.05, 4.69) is 5.32 Å². The van der Waals surface area contributed by atoms with Crippen LogP contribution in [0.3, 0.4) is 0 Å². The molecule has 0 aromatic carbocycles. The minimum Gasteiger partial charge on any atom is -0.297 e. The predicted molar refractivity (Wildman–Crippen MR) is 44.2 cm³/mol. The van der Waals surface area contributed by atoms with Crippen molar-refractivity contribution >= 4 is 17.5 Å². The third-order valence-electron chi connectivity index (χ3n) is 1.81. The number of rotatable bonds is 2. The van der Waals surface area contributed by atoms with Crippen LogP contribution in [0.1, 0.15) is 20.3 Å². The Bertz CT molecular complexity index is 141. The maximum absolute atomic E-state index is 11.3. The molecule has 2 nitrogen and oxygen atoms in total. The van der Waals surface area contributed by atoms with Crippen molar-refractivity contribution in [3.05, 3.63) is 0 Å². The second-order valence-electron chi connectivity index (χ2n) is 2.59. The molecule has 0 aromatic heterocycles. The average Bonchev–Trinajstić information content (AvgIpc) is 2.36. The predicted octanol–water partition coefficient (Wildman–Crippen LogP) is 1.02. The van der Waals surface area contributed by atoms with E-state index in [9.17, 15) is 4.79 Å². The van der Waals surface area contributed by atoms with E-state index in [0.717, 1.165) is 12.3 Å². The average molecular weight is 159 g/mol. The highest BCUT2D eigenvalue weighted by molar-refractivity contribution is 8.01. The van der Waals surface area contributed by atoms with Gasteiger partial charge in [-0.3, -0.25) is 10.1 Å². The van der Waals surface area contributed by atoms with Gasteiger partial charge in [0, 0.05) is 18.7 Å². The molecule has 0 radical (unpaired) electrons. The molecule has 0 aliphatic carbocycles. The Morgan fingerprint density at radius 3 is 2.90 bits per heavy atom. The van der Waals surface area contributed by atoms with Gasteiger partial charge in [0.05, 0.1) is 0 Å². The lowest BCUT2D eigenvalue weighted by molar-refractivity contribution is -0.121. The number of nitrogens with one attached hydrogen (secondary N) is 1. The zero-order valence-corrected chi connectivity index (χ0v) is 7.25. The van der Waals surface area contributed by atoms with Gasteiger partial charge in [0.1, 0.15) is 4.87 Å². The van der Waals surface area contributed by atoms with Crippen molar-refractivity contribution in [2.75, 3.05) is 12.3 Å². The molecular weight excluding hydrogens is 146 g/mol. The second kappa shape index (κ2) is 2.93. The molecular formula is C7H13NOS. The highest BCUT2D eigenvalue weighted by atomic mass is 32.2. The van der Waals surface area contributed by atoms with E-state index in [4.69, 9.17) is 0 Å². The minimum atomic E-state index is -0.269. The zero-order valence-electron chi connectivity index (χ0n) is 6.44. The minimum absolute atomic E-state index is 0.269. The summed E-state index contributed by atoms with van der Waals surface area (Å²) < 4.78 is 0. The fourth-order valence-electron chi connectivity index (χ4n) is 1.11. The van der Waals surface area contributed by atoms with Crippen LogP contribution in [-0.4, -0.2) is 23.0 Å². The summed E-state index contributed by atoms with van der Waals surface area (Å²) in [7, 11) is 0. The summed E-state index contributed by atoms with van der Waals surface area (Å²) in [5.41, 5.74) is 0. The quantitative estimate of drug-likeness (QED) is 0.652. The summed E-state index contributed by atoms with van der Waals surface area (Å²) in [6.07, 6.45) is 0.635. The van der Waals surface area contributed by atoms with Crippen molar-refractivity contribution in [3.8, 4) is 0 Å². The van der Waals surface area contributed by atoms with Crippen molar-refractivity contribution in [1.29, 1.82) is 0 Å². The summed E-state index contributed by atoms with van der Waals surface area (Å²) in [6, 6.07) is 0. The lowest BCUT2D eigenvalue weighted by atomic mass is 10.1. The number of hydrogen-bond donors (Lipinski definition) is 1. The molecule has 3 heteroatoms. The molecule has 1 atom stereocenters. The van der Waals surface area contributed by atoms with Gasteiger partial charge in [0.15, 0.2) is 5.78 Å². The Morgan fingerprint density at radius 1 is 1.80 bits per heavy atom. The fourth-order valence-corrected chi connectivity index (χ4v) is 2.23. The van der Waals surface area contributed by atoms with Gasteiger partial charge in [0.2, 0.25) is 0 Å². The molecule has 0 saturated carbocycles. The van der Waals surface area contributed by atoms with Gasteiger partial charge in [-0.25, -0.2) is 0 Å². The van der Waals surface area contributed by atoms with Gasteiger partial charge in [-0.1, -0.05) is 6.92 Å². The Kier molecular flexibility index (Phi) is 2.36. The van der Waals surface area contributed by atoms with Crippen molar-refractivity contribution in [1.82, 2.24) is 5.32 Å². The van der Waals surface area contributed by atoms with Crippen LogP contribution >= 0.6 is 11.8 Å². The van der Waals surface area contributed by atoms with Crippen LogP contribution in [0, 0.1) is 0 Å². The van der Waals surface area contributed by atoms with E-state index in [1.165, 1.54) is 0 Å². The summed E-state index contributed by atoms with van der Waals surface area (Å²) in [6.45, 7) is 4.84. The van der Waals surface area contributed by atoms with Crippen LogP contribution < -0.4 is 5.32 Å². The van der Waals surface area contributed by atoms with E-state index in [-0.39, 0.29) is 4.87 Å². The van der Waals surface area contributed by atoms with Gasteiger partial charge in [-0.05, 0) is 6.92 Å². The third kappa shape index (κ3) is 1.35. The van der Waals surface area contributed by atoms with Gasteiger partial charge in [-0.15, -0.1) is 11.8 Å². The number of ketones is 1. The lowest BCUT2D eigenvalue weighted by Crippen LogP contribution is -2.41. The lowest BCUT2D eigenvalue weighted by Gasteiger charge is -2.20. The number of carbonyl (C=O) groups excluding carboxylic acids is 1. The van der Waals surface area contributed by atoms with E-state index in [0.29, 0.717) is 12.2 Å². The van der Waals surface area contributed by atoms with Crippen LogP contribution in [0.15, 0.2) is 0 Å². The molecule has 1 aliphatic heterocycles. The fraction of sp³-hybridized carbons (Fsp3) is 0.857. The Morgan fingerprint density at radius 2 is 2.50 bits per heavy atom. The molecule has 10 heavy (non-hydrogen) atoms. The molecule has 1 rings (SSSR count). The largest absolute Gasteiger partial charge is 0.297 e. The molecule has 1 N–H and O–H groups in total. The molecule has 58 valence electrons. The maximum atomic E-state index is 11.3. The molecule has 1 fully saturated rings. The normalized spacial score (nSPS) is 32.6. The third-order valence-corrected chi connectivity index (χ3v) is 3.17. The first kappa shape index (κ1) is 8.08. The van der Waals surface area contributed by atoms with Gasteiger partial charge in [0.25, 0.3) is 0 Å². The van der Waals surface area contributed by atoms with E-state index >= 15 is 0 Å². The topological polar surface area (TPSA) is 29.1 Å². The Labute approximate surface area is 65.8 Å². The molecule has 1 unspecified atom stereocenters. The molecule has 0 amide bonds.